The normalized spacial score (nSPS) is 7.28. The van der Waals surface area contributed by atoms with Crippen LogP contribution >= 0.6 is 0 Å². The second kappa shape index (κ2) is 51.0. The van der Waals surface area contributed by atoms with Crippen molar-refractivity contribution >= 4 is 30.3 Å². The molecule has 74 heavy (non-hydrogen) atoms. The standard InChI is InChI=1S/C60H46N6O8/c1-4-6-8-10-12-14-16-18-20-22-24-26-28-30-38-46-54-73-59(70)64-51-42-34-32-40-48-61-56(67)66(53-45-37-36-44-50-63-58(69)72-3)57(68)62-49-41-33-35-43-52-65-60(71)74-55-47-39-31-29-27-25-23-21-19-17-15-13-11-9-7-5-2/h1-2H,32-37,40-45,48-53H2,3H3,(H,61,67)(H,62,68)(H,63,69)(H,64,70)(H,65,71). The Morgan fingerprint density at radius 3 is 0.851 bits per heavy atom. The molecule has 0 aliphatic rings. The number of terminal acetylenes is 2. The van der Waals surface area contributed by atoms with E-state index in [1.807, 2.05) is 0 Å². The number of rotatable bonds is 21. The maximum atomic E-state index is 13.1. The van der Waals surface area contributed by atoms with Gasteiger partial charge in [-0.2, -0.15) is 0 Å². The molecule has 0 aromatic carbocycles. The van der Waals surface area contributed by atoms with Gasteiger partial charge in [-0.25, -0.2) is 28.9 Å². The van der Waals surface area contributed by atoms with Gasteiger partial charge in [0.25, 0.3) is 0 Å². The molecule has 5 N–H and O–H groups in total. The van der Waals surface area contributed by atoms with Crippen LogP contribution in [-0.2, 0) is 14.2 Å². The molecule has 0 fully saturated rings. The lowest BCUT2D eigenvalue weighted by molar-refractivity contribution is 0.170. The highest BCUT2D eigenvalue weighted by molar-refractivity contribution is 5.93. The molecule has 0 rings (SSSR count). The van der Waals surface area contributed by atoms with E-state index in [4.69, 9.17) is 22.3 Å². The number of carbonyl (C=O) groups is 5. The molecule has 14 heteroatoms. The van der Waals surface area contributed by atoms with E-state index >= 15 is 0 Å². The predicted octanol–water partition coefficient (Wildman–Crippen LogP) is 3.43. The van der Waals surface area contributed by atoms with Crippen LogP contribution in [0.5, 0.6) is 0 Å². The minimum Gasteiger partial charge on any atom is -0.453 e. The number of unbranched alkanes of at least 4 members (excludes halogenated alkanes) is 9. The van der Waals surface area contributed by atoms with Crippen LogP contribution in [0.25, 0.3) is 0 Å². The Hall–Kier alpha value is -11.4. The Labute approximate surface area is 436 Å². The summed E-state index contributed by atoms with van der Waals surface area (Å²) in [6.07, 6.45) is 20.8. The summed E-state index contributed by atoms with van der Waals surface area (Å²) in [5.41, 5.74) is 0. The second-order valence-electron chi connectivity index (χ2n) is 13.2. The van der Waals surface area contributed by atoms with Gasteiger partial charge >= 0.3 is 30.3 Å². The van der Waals surface area contributed by atoms with Crippen LogP contribution < -0.4 is 26.6 Å². The average molecular weight is 979 g/mol. The van der Waals surface area contributed by atoms with Crippen LogP contribution in [0, 0.1) is 215 Å². The van der Waals surface area contributed by atoms with Crippen molar-refractivity contribution in [3.63, 3.8) is 0 Å². The minimum atomic E-state index is -0.720. The first kappa shape index (κ1) is 62.6. The van der Waals surface area contributed by atoms with Crippen molar-refractivity contribution in [3.05, 3.63) is 0 Å². The van der Waals surface area contributed by atoms with Crippen molar-refractivity contribution in [2.24, 2.45) is 0 Å². The van der Waals surface area contributed by atoms with E-state index in [-0.39, 0.29) is 6.54 Å². The van der Waals surface area contributed by atoms with Crippen molar-refractivity contribution in [2.75, 3.05) is 46.4 Å². The summed E-state index contributed by atoms with van der Waals surface area (Å²) in [6, 6.07) is -1.01. The van der Waals surface area contributed by atoms with Crippen molar-refractivity contribution in [1.82, 2.24) is 31.5 Å². The lowest BCUT2D eigenvalue weighted by Crippen LogP contribution is -2.49. The van der Waals surface area contributed by atoms with Crippen LogP contribution in [0.3, 0.4) is 0 Å². The van der Waals surface area contributed by atoms with E-state index in [1.165, 1.54) is 12.0 Å². The SMILES string of the molecule is C#CC#CC#CC#CC#CC#CC#CC#CC#COC(=O)NCCCCCCNC(=O)N(CCCCCCNC(=O)OC)C(=O)NCCCCCCNC(=O)OC#CC#CC#CC#CC#CC#CC#CC#CC#C. The number of alkyl carbamates (subject to hydrolysis) is 3. The highest BCUT2D eigenvalue weighted by Gasteiger charge is 2.20. The van der Waals surface area contributed by atoms with Crippen LogP contribution in [-0.4, -0.2) is 81.6 Å². The third-order valence-electron chi connectivity index (χ3n) is 7.84. The van der Waals surface area contributed by atoms with Crippen LogP contribution in [0.15, 0.2) is 0 Å². The first-order valence-electron chi connectivity index (χ1n) is 22.3. The van der Waals surface area contributed by atoms with Crippen LogP contribution in [0.4, 0.5) is 24.0 Å². The topological polar surface area (TPSA) is 176 Å². The number of hydrogen-bond donors (Lipinski definition) is 5. The number of ether oxygens (including phenoxy) is 3. The van der Waals surface area contributed by atoms with Gasteiger partial charge in [0, 0.05) is 134 Å². The molecule has 0 heterocycles. The van der Waals surface area contributed by atoms with E-state index in [1.54, 1.807) is 0 Å². The summed E-state index contributed by atoms with van der Waals surface area (Å²) >= 11 is 0. The molecule has 0 unspecified atom stereocenters. The van der Waals surface area contributed by atoms with Crippen molar-refractivity contribution in [1.29, 1.82) is 0 Å². The maximum absolute atomic E-state index is 13.1. The second-order valence-corrected chi connectivity index (χ2v) is 13.2. The van der Waals surface area contributed by atoms with E-state index in [9.17, 15) is 24.0 Å². The third-order valence-corrected chi connectivity index (χ3v) is 7.84. The van der Waals surface area contributed by atoms with E-state index in [2.05, 4.69) is 233 Å². The van der Waals surface area contributed by atoms with Crippen molar-refractivity contribution in [3.8, 4) is 215 Å². The Kier molecular flexibility index (Phi) is 43.2. The molecule has 0 aliphatic heterocycles. The number of nitrogens with one attached hydrogen (secondary N) is 5. The van der Waals surface area contributed by atoms with Gasteiger partial charge in [0.2, 0.25) is 0 Å². The molecule has 0 atom stereocenters. The fourth-order valence-corrected chi connectivity index (χ4v) is 4.63. The molecule has 0 radical (unpaired) electrons. The fourth-order valence-electron chi connectivity index (χ4n) is 4.63. The summed E-state index contributed by atoms with van der Waals surface area (Å²) in [7, 11) is 1.29. The van der Waals surface area contributed by atoms with Gasteiger partial charge in [0.05, 0.1) is 7.11 Å². The Bertz CT molecular complexity index is 2930. The summed E-state index contributed by atoms with van der Waals surface area (Å²) in [5, 5.41) is 13.4. The molecule has 0 aromatic heterocycles. The molecule has 364 valence electrons. The predicted molar refractivity (Wildman–Crippen MR) is 280 cm³/mol. The first-order valence-corrected chi connectivity index (χ1v) is 22.3. The zero-order chi connectivity index (χ0) is 53.9. The van der Waals surface area contributed by atoms with Gasteiger partial charge in [-0.3, -0.25) is 0 Å². The number of urea groups is 2. The number of imide groups is 1. The molecule has 0 spiro atoms. The number of hydrogen-bond acceptors (Lipinski definition) is 8. The number of methoxy groups -OCH3 is 1. The first-order chi connectivity index (χ1) is 36.3. The van der Waals surface area contributed by atoms with E-state index in [0.29, 0.717) is 64.8 Å². The molecule has 0 bridgehead atoms. The van der Waals surface area contributed by atoms with E-state index in [0.717, 1.165) is 44.9 Å². The molecule has 0 aliphatic carbocycles. The largest absolute Gasteiger partial charge is 0.453 e. The number of nitrogens with zero attached hydrogens (tertiary/aromatic N) is 1. The molecule has 0 saturated carbocycles. The lowest BCUT2D eigenvalue weighted by Gasteiger charge is -2.22. The Balaban J connectivity index is 4.59. The summed E-state index contributed by atoms with van der Waals surface area (Å²) in [5.74, 6) is 77.3. The number of amides is 7. The van der Waals surface area contributed by atoms with Gasteiger partial charge in [-0.05, 0) is 133 Å². The summed E-state index contributed by atoms with van der Waals surface area (Å²) < 4.78 is 14.1. The van der Waals surface area contributed by atoms with Crippen LogP contribution in [0.2, 0.25) is 0 Å². The highest BCUT2D eigenvalue weighted by Crippen LogP contribution is 2.05. The lowest BCUT2D eigenvalue weighted by atomic mass is 10.2. The Morgan fingerprint density at radius 1 is 0.324 bits per heavy atom. The van der Waals surface area contributed by atoms with Gasteiger partial charge in [-0.1, -0.05) is 38.5 Å². The molecule has 7 amide bonds. The molecular formula is C60H46N6O8. The maximum Gasteiger partial charge on any atom is 0.421 e. The minimum absolute atomic E-state index is 0.210. The molecule has 0 aromatic rings. The quantitative estimate of drug-likeness (QED) is 0.0661. The molecule has 14 nitrogen and oxygen atoms in total. The summed E-state index contributed by atoms with van der Waals surface area (Å²) in [6.45, 7) is 2.08. The smallest absolute Gasteiger partial charge is 0.421 e. The van der Waals surface area contributed by atoms with E-state index < -0.39 is 30.3 Å². The zero-order valence-electron chi connectivity index (χ0n) is 40.6. The fraction of sp³-hybridized carbons (Fsp3) is 0.317. The zero-order valence-corrected chi connectivity index (χ0v) is 40.6. The van der Waals surface area contributed by atoms with Crippen molar-refractivity contribution < 1.29 is 38.2 Å². The Morgan fingerprint density at radius 2 is 0.568 bits per heavy atom. The summed E-state index contributed by atoms with van der Waals surface area (Å²) in [4.78, 5) is 62.3. The molecule has 0 saturated heterocycles. The van der Waals surface area contributed by atoms with Gasteiger partial charge in [-0.15, -0.1) is 12.8 Å². The van der Waals surface area contributed by atoms with Gasteiger partial charge in [0.15, 0.2) is 0 Å². The van der Waals surface area contributed by atoms with Crippen LogP contribution in [0.1, 0.15) is 77.0 Å². The van der Waals surface area contributed by atoms with Crippen molar-refractivity contribution in [2.45, 2.75) is 77.0 Å². The average Bonchev–Trinajstić information content (AvgIpc) is 3.40. The van der Waals surface area contributed by atoms with Gasteiger partial charge < -0.3 is 40.8 Å². The highest BCUT2D eigenvalue weighted by atomic mass is 16.5. The number of carbonyl (C=O) groups excluding carboxylic acids is 5. The molecular weight excluding hydrogens is 933 g/mol. The monoisotopic (exact) mass is 978 g/mol. The van der Waals surface area contributed by atoms with Gasteiger partial charge in [0.1, 0.15) is 12.2 Å². The third kappa shape index (κ3) is 45.8.